The van der Waals surface area contributed by atoms with Crippen LogP contribution in [0.3, 0.4) is 0 Å². The Morgan fingerprint density at radius 3 is 2.78 bits per heavy atom. The monoisotopic (exact) mass is 454 g/mol. The van der Waals surface area contributed by atoms with Crippen molar-refractivity contribution in [1.82, 2.24) is 9.88 Å². The van der Waals surface area contributed by atoms with Gasteiger partial charge in [0.05, 0.1) is 31.3 Å². The van der Waals surface area contributed by atoms with E-state index < -0.39 is 0 Å². The van der Waals surface area contributed by atoms with E-state index in [9.17, 15) is 9.59 Å². The number of benzene rings is 2. The molecule has 1 amide bonds. The summed E-state index contributed by atoms with van der Waals surface area (Å²) in [5, 5.41) is 1.32. The first-order chi connectivity index (χ1) is 15.5. The number of carbonyl (C=O) groups is 2. The maximum Gasteiger partial charge on any atom is 0.272 e. The van der Waals surface area contributed by atoms with Crippen LogP contribution in [0.4, 0.5) is 0 Å². The van der Waals surface area contributed by atoms with E-state index in [2.05, 4.69) is 4.98 Å². The van der Waals surface area contributed by atoms with Gasteiger partial charge in [-0.2, -0.15) is 0 Å². The first-order valence-corrected chi connectivity index (χ1v) is 10.6. The third kappa shape index (κ3) is 4.69. The molecule has 0 aliphatic carbocycles. The van der Waals surface area contributed by atoms with E-state index >= 15 is 0 Å². The highest BCUT2D eigenvalue weighted by Crippen LogP contribution is 2.26. The van der Waals surface area contributed by atoms with Crippen LogP contribution < -0.4 is 9.47 Å². The maximum absolute atomic E-state index is 13.2. The standard InChI is InChI=1S/C24H23ClN2O5/c1-15(28)19-11-16(25)7-8-22(19)32-14-17-13-27(9-10-31-17)24(29)21-12-23(30-2)18-5-3-4-6-20(18)26-21/h3-8,11-12,17H,9-10,13-14H2,1-2H3. The summed E-state index contributed by atoms with van der Waals surface area (Å²) in [5.41, 5.74) is 1.43. The Morgan fingerprint density at radius 1 is 1.19 bits per heavy atom. The summed E-state index contributed by atoms with van der Waals surface area (Å²) in [4.78, 5) is 31.3. The van der Waals surface area contributed by atoms with Crippen LogP contribution in [-0.2, 0) is 4.74 Å². The number of para-hydroxylation sites is 1. The molecule has 3 aromatic rings. The number of methoxy groups -OCH3 is 1. The van der Waals surface area contributed by atoms with Crippen LogP contribution in [0.5, 0.6) is 11.5 Å². The number of nitrogens with zero attached hydrogens (tertiary/aromatic N) is 2. The van der Waals surface area contributed by atoms with Crippen LogP contribution in [0.25, 0.3) is 10.9 Å². The number of halogens is 1. The van der Waals surface area contributed by atoms with Crippen LogP contribution in [0.1, 0.15) is 27.8 Å². The van der Waals surface area contributed by atoms with Crippen molar-refractivity contribution in [2.75, 3.05) is 33.4 Å². The van der Waals surface area contributed by atoms with Gasteiger partial charge in [-0.25, -0.2) is 4.98 Å². The maximum atomic E-state index is 13.2. The number of amides is 1. The zero-order chi connectivity index (χ0) is 22.7. The van der Waals surface area contributed by atoms with Crippen molar-refractivity contribution >= 4 is 34.2 Å². The fourth-order valence-corrected chi connectivity index (χ4v) is 3.85. The number of ketones is 1. The van der Waals surface area contributed by atoms with Crippen molar-refractivity contribution in [1.29, 1.82) is 0 Å². The summed E-state index contributed by atoms with van der Waals surface area (Å²) in [6.07, 6.45) is -0.342. The van der Waals surface area contributed by atoms with Crippen LogP contribution in [0, 0.1) is 0 Å². The van der Waals surface area contributed by atoms with Gasteiger partial charge in [-0.15, -0.1) is 0 Å². The highest BCUT2D eigenvalue weighted by Gasteiger charge is 2.27. The molecule has 1 aromatic heterocycles. The molecule has 2 aromatic carbocycles. The number of aromatic nitrogens is 1. The number of pyridine rings is 1. The van der Waals surface area contributed by atoms with Gasteiger partial charge in [-0.1, -0.05) is 23.7 Å². The Hall–Kier alpha value is -3.16. The highest BCUT2D eigenvalue weighted by molar-refractivity contribution is 6.31. The molecule has 1 aliphatic rings. The second-order valence-corrected chi connectivity index (χ2v) is 7.91. The molecule has 0 N–H and O–H groups in total. The fraction of sp³-hybridized carbons (Fsp3) is 0.292. The Bertz CT molecular complexity index is 1170. The largest absolute Gasteiger partial charge is 0.496 e. The number of carbonyl (C=O) groups excluding carboxylic acids is 2. The van der Waals surface area contributed by atoms with E-state index in [4.69, 9.17) is 25.8 Å². The predicted octanol–water partition coefficient (Wildman–Crippen LogP) is 4.02. The zero-order valence-corrected chi connectivity index (χ0v) is 18.6. The summed E-state index contributed by atoms with van der Waals surface area (Å²) in [5.74, 6) is 0.708. The molecule has 1 unspecified atom stereocenters. The molecular weight excluding hydrogens is 432 g/mol. The SMILES string of the molecule is COc1cc(C(=O)N2CCOC(COc3ccc(Cl)cc3C(C)=O)C2)nc2ccccc12. The Balaban J connectivity index is 1.47. The number of fused-ring (bicyclic) bond motifs is 1. The topological polar surface area (TPSA) is 78.0 Å². The molecule has 0 saturated carbocycles. The van der Waals surface area contributed by atoms with E-state index in [1.807, 2.05) is 24.3 Å². The highest BCUT2D eigenvalue weighted by atomic mass is 35.5. The lowest BCUT2D eigenvalue weighted by Gasteiger charge is -2.32. The molecule has 0 radical (unpaired) electrons. The normalized spacial score (nSPS) is 16.1. The third-order valence-corrected chi connectivity index (χ3v) is 5.52. The molecule has 166 valence electrons. The van der Waals surface area contributed by atoms with Crippen molar-refractivity contribution in [3.63, 3.8) is 0 Å². The summed E-state index contributed by atoms with van der Waals surface area (Å²) in [7, 11) is 1.57. The summed E-state index contributed by atoms with van der Waals surface area (Å²) in [6.45, 7) is 2.83. The molecular formula is C24H23ClN2O5. The number of Topliss-reactive ketones (excluding diaryl/α,β-unsaturated/α-hetero) is 1. The zero-order valence-electron chi connectivity index (χ0n) is 17.8. The molecule has 1 saturated heterocycles. The average Bonchev–Trinajstić information content (AvgIpc) is 2.82. The lowest BCUT2D eigenvalue weighted by atomic mass is 10.1. The van der Waals surface area contributed by atoms with Gasteiger partial charge in [0, 0.05) is 23.0 Å². The minimum atomic E-state index is -0.342. The quantitative estimate of drug-likeness (QED) is 0.523. The Labute approximate surface area is 190 Å². The van der Waals surface area contributed by atoms with Crippen LogP contribution >= 0.6 is 11.6 Å². The molecule has 1 atom stereocenters. The van der Waals surface area contributed by atoms with Gasteiger partial charge in [-0.05, 0) is 37.3 Å². The van der Waals surface area contributed by atoms with Gasteiger partial charge in [-0.3, -0.25) is 9.59 Å². The molecule has 1 aliphatic heterocycles. The van der Waals surface area contributed by atoms with Crippen molar-refractivity contribution in [3.05, 3.63) is 64.8 Å². The molecule has 4 rings (SSSR count). The van der Waals surface area contributed by atoms with Gasteiger partial charge in [0.25, 0.3) is 5.91 Å². The van der Waals surface area contributed by atoms with Crippen LogP contribution in [-0.4, -0.2) is 61.1 Å². The molecule has 2 heterocycles. The van der Waals surface area contributed by atoms with Gasteiger partial charge in [0.2, 0.25) is 0 Å². The van der Waals surface area contributed by atoms with E-state index in [0.717, 1.165) is 5.39 Å². The number of hydrogen-bond acceptors (Lipinski definition) is 6. The summed E-state index contributed by atoms with van der Waals surface area (Å²) >= 11 is 5.99. The van der Waals surface area contributed by atoms with Gasteiger partial charge < -0.3 is 19.1 Å². The second kappa shape index (κ2) is 9.54. The van der Waals surface area contributed by atoms with Gasteiger partial charge in [0.1, 0.15) is 29.9 Å². The number of hydrogen-bond donors (Lipinski definition) is 0. The predicted molar refractivity (Wildman–Crippen MR) is 121 cm³/mol. The molecule has 8 heteroatoms. The van der Waals surface area contributed by atoms with Crippen LogP contribution in [0.15, 0.2) is 48.5 Å². The minimum absolute atomic E-state index is 0.139. The third-order valence-electron chi connectivity index (χ3n) is 5.29. The number of morpholine rings is 1. The molecule has 0 spiro atoms. The average molecular weight is 455 g/mol. The van der Waals surface area contributed by atoms with Gasteiger partial charge in [0.15, 0.2) is 5.78 Å². The number of rotatable bonds is 6. The lowest BCUT2D eigenvalue weighted by molar-refractivity contribution is -0.0403. The second-order valence-electron chi connectivity index (χ2n) is 7.48. The molecule has 0 bridgehead atoms. The van der Waals surface area contributed by atoms with Gasteiger partial charge >= 0.3 is 0 Å². The Morgan fingerprint density at radius 2 is 2.00 bits per heavy atom. The first-order valence-electron chi connectivity index (χ1n) is 10.2. The molecule has 32 heavy (non-hydrogen) atoms. The smallest absolute Gasteiger partial charge is 0.272 e. The Kier molecular flexibility index (Phi) is 6.58. The minimum Gasteiger partial charge on any atom is -0.496 e. The van der Waals surface area contributed by atoms with Crippen molar-refractivity contribution < 1.29 is 23.8 Å². The lowest BCUT2D eigenvalue weighted by Crippen LogP contribution is -2.47. The number of ether oxygens (including phenoxy) is 3. The van der Waals surface area contributed by atoms with Crippen molar-refractivity contribution in [2.45, 2.75) is 13.0 Å². The van der Waals surface area contributed by atoms with Crippen molar-refractivity contribution in [3.8, 4) is 11.5 Å². The first kappa shape index (κ1) is 22.0. The van der Waals surface area contributed by atoms with Crippen molar-refractivity contribution in [2.24, 2.45) is 0 Å². The van der Waals surface area contributed by atoms with E-state index in [1.54, 1.807) is 36.3 Å². The summed E-state index contributed by atoms with van der Waals surface area (Å²) < 4.78 is 17.1. The summed E-state index contributed by atoms with van der Waals surface area (Å²) in [6, 6.07) is 14.1. The molecule has 7 nitrogen and oxygen atoms in total. The van der Waals surface area contributed by atoms with E-state index in [1.165, 1.54) is 6.92 Å². The fourth-order valence-electron chi connectivity index (χ4n) is 3.67. The van der Waals surface area contributed by atoms with E-state index in [0.29, 0.717) is 53.0 Å². The van der Waals surface area contributed by atoms with Crippen LogP contribution in [0.2, 0.25) is 5.02 Å². The molecule has 1 fully saturated rings. The van der Waals surface area contributed by atoms with E-state index in [-0.39, 0.29) is 24.4 Å².